The van der Waals surface area contributed by atoms with Gasteiger partial charge in [-0.3, -0.25) is 9.59 Å². The molecule has 0 saturated heterocycles. The van der Waals surface area contributed by atoms with Crippen LogP contribution in [0, 0.1) is 0 Å². The minimum Gasteiger partial charge on any atom is -0.378 e. The Hall–Kier alpha value is -2.74. The van der Waals surface area contributed by atoms with Crippen molar-refractivity contribution in [1.29, 1.82) is 0 Å². The van der Waals surface area contributed by atoms with Crippen LogP contribution in [-0.4, -0.2) is 48.1 Å². The van der Waals surface area contributed by atoms with Crippen LogP contribution >= 0.6 is 12.8 Å². The first kappa shape index (κ1) is 22.5. The van der Waals surface area contributed by atoms with Crippen molar-refractivity contribution >= 4 is 30.9 Å². The van der Waals surface area contributed by atoms with E-state index in [0.29, 0.717) is 6.29 Å². The van der Waals surface area contributed by atoms with Gasteiger partial charge in [-0.25, -0.2) is 0 Å². The molecule has 1 aromatic carbocycles. The molecule has 3 N–H and O–H groups in total. The van der Waals surface area contributed by atoms with E-state index in [9.17, 15) is 14.4 Å². The molecule has 1 aliphatic carbocycles. The average molecular weight is 417 g/mol. The molecule has 2 rings (SSSR count). The van der Waals surface area contributed by atoms with E-state index in [1.165, 1.54) is 5.56 Å². The largest absolute Gasteiger partial charge is 0.378 e. The maximum atomic E-state index is 12.4. The molecule has 1 atom stereocenters. The molecule has 7 nitrogen and oxygen atoms in total. The summed E-state index contributed by atoms with van der Waals surface area (Å²) in [7, 11) is 0. The standard InChI is InChI=1S/C21H28N4O3S/c1-16(13-17-7-3-2-4-8-17)24-21(28)15-25(29)19-10-6-5-9-18(19)23-14-20(27)22-11-12-26/h2-4,6-8,10,12,16,23,29H,5,9,11,13-15H2,1H3,(H,22,27)(H,24,28). The van der Waals surface area contributed by atoms with Crippen molar-refractivity contribution in [1.82, 2.24) is 20.3 Å². The van der Waals surface area contributed by atoms with Crippen LogP contribution < -0.4 is 16.0 Å². The third-order valence-corrected chi connectivity index (χ3v) is 4.71. The molecule has 0 heterocycles. The molecule has 0 aromatic heterocycles. The first-order valence-corrected chi connectivity index (χ1v) is 10.0. The molecule has 1 aromatic rings. The molecule has 0 radical (unpaired) electrons. The molecule has 0 spiro atoms. The second-order valence-electron chi connectivity index (χ2n) is 6.85. The minimum atomic E-state index is -0.267. The van der Waals surface area contributed by atoms with E-state index in [-0.39, 0.29) is 37.5 Å². The number of amides is 2. The molecule has 2 amide bonds. The lowest BCUT2D eigenvalue weighted by atomic mass is 10.1. The highest BCUT2D eigenvalue weighted by atomic mass is 32.1. The van der Waals surface area contributed by atoms with E-state index >= 15 is 0 Å². The van der Waals surface area contributed by atoms with E-state index in [4.69, 9.17) is 0 Å². The van der Waals surface area contributed by atoms with Crippen molar-refractivity contribution in [3.63, 3.8) is 0 Å². The van der Waals surface area contributed by atoms with Crippen molar-refractivity contribution in [2.24, 2.45) is 0 Å². The Labute approximate surface area is 177 Å². The number of hydrogen-bond acceptors (Lipinski definition) is 6. The number of nitrogens with zero attached hydrogens (tertiary/aromatic N) is 1. The van der Waals surface area contributed by atoms with Gasteiger partial charge >= 0.3 is 0 Å². The fourth-order valence-corrected chi connectivity index (χ4v) is 3.35. The quantitative estimate of drug-likeness (QED) is 0.323. The molecule has 8 heteroatoms. The Morgan fingerprint density at radius 1 is 1.24 bits per heavy atom. The van der Waals surface area contributed by atoms with Crippen molar-refractivity contribution < 1.29 is 14.4 Å². The first-order chi connectivity index (χ1) is 14.0. The van der Waals surface area contributed by atoms with Crippen LogP contribution in [0.4, 0.5) is 0 Å². The fourth-order valence-electron chi connectivity index (χ4n) is 3.04. The summed E-state index contributed by atoms with van der Waals surface area (Å²) in [5.41, 5.74) is 2.77. The molecule has 0 bridgehead atoms. The molecule has 29 heavy (non-hydrogen) atoms. The van der Waals surface area contributed by atoms with Crippen LogP contribution in [0.2, 0.25) is 0 Å². The van der Waals surface area contributed by atoms with Crippen molar-refractivity contribution in [3.8, 4) is 0 Å². The number of nitrogens with one attached hydrogen (secondary N) is 3. The molecule has 0 saturated carbocycles. The molecule has 0 fully saturated rings. The Morgan fingerprint density at radius 3 is 2.72 bits per heavy atom. The Morgan fingerprint density at radius 2 is 2.00 bits per heavy atom. The number of aldehydes is 1. The van der Waals surface area contributed by atoms with E-state index in [2.05, 4.69) is 28.8 Å². The topological polar surface area (TPSA) is 90.5 Å². The molecule has 0 aliphatic heterocycles. The highest BCUT2D eigenvalue weighted by Gasteiger charge is 2.17. The first-order valence-electron chi connectivity index (χ1n) is 9.63. The Balaban J connectivity index is 1.88. The van der Waals surface area contributed by atoms with Gasteiger partial charge in [0, 0.05) is 11.7 Å². The van der Waals surface area contributed by atoms with Gasteiger partial charge in [0.1, 0.15) is 12.8 Å². The summed E-state index contributed by atoms with van der Waals surface area (Å²) >= 11 is 4.47. The van der Waals surface area contributed by atoms with Gasteiger partial charge in [-0.05, 0) is 37.8 Å². The minimum absolute atomic E-state index is 0.00150. The van der Waals surface area contributed by atoms with Gasteiger partial charge < -0.3 is 25.1 Å². The number of benzene rings is 1. The lowest BCUT2D eigenvalue weighted by Gasteiger charge is -2.25. The molecular weight excluding hydrogens is 388 g/mol. The monoisotopic (exact) mass is 416 g/mol. The lowest BCUT2D eigenvalue weighted by Crippen LogP contribution is -2.40. The average Bonchev–Trinajstić information content (AvgIpc) is 2.71. The van der Waals surface area contributed by atoms with E-state index in [1.807, 2.05) is 49.4 Å². The van der Waals surface area contributed by atoms with Gasteiger partial charge in [0.25, 0.3) is 0 Å². The van der Waals surface area contributed by atoms with Gasteiger partial charge in [0.2, 0.25) is 11.8 Å². The molecule has 1 aliphatic rings. The van der Waals surface area contributed by atoms with E-state index < -0.39 is 0 Å². The van der Waals surface area contributed by atoms with Gasteiger partial charge in [-0.15, -0.1) is 0 Å². The summed E-state index contributed by atoms with van der Waals surface area (Å²) in [4.78, 5) is 34.5. The van der Waals surface area contributed by atoms with Gasteiger partial charge in [-0.2, -0.15) is 0 Å². The SMILES string of the molecule is CC(Cc1ccccc1)NC(=O)CN(S)C1=C(NCC(=O)NCC=O)CCC=C1. The lowest BCUT2D eigenvalue weighted by molar-refractivity contribution is -0.122. The number of carbonyl (C=O) groups is 3. The number of allylic oxidation sites excluding steroid dienone is 3. The summed E-state index contributed by atoms with van der Waals surface area (Å²) < 4.78 is 1.58. The van der Waals surface area contributed by atoms with Crippen LogP contribution in [0.5, 0.6) is 0 Å². The number of hydrogen-bond donors (Lipinski definition) is 4. The normalized spacial score (nSPS) is 14.1. The summed E-state index contributed by atoms with van der Waals surface area (Å²) in [6.07, 6.45) is 6.85. The summed E-state index contributed by atoms with van der Waals surface area (Å²) in [5.74, 6) is -0.394. The van der Waals surface area contributed by atoms with Crippen molar-refractivity contribution in [3.05, 3.63) is 59.4 Å². The number of thiol groups is 1. The molecule has 1 unspecified atom stereocenters. The zero-order valence-electron chi connectivity index (χ0n) is 16.6. The van der Waals surface area contributed by atoms with Crippen molar-refractivity contribution in [2.75, 3.05) is 19.6 Å². The maximum Gasteiger partial charge on any atom is 0.240 e. The molecular formula is C21H28N4O3S. The fraction of sp³-hybridized carbons (Fsp3) is 0.381. The van der Waals surface area contributed by atoms with Gasteiger partial charge in [-0.1, -0.05) is 49.2 Å². The Bertz CT molecular complexity index is 764. The number of rotatable bonds is 11. The highest BCUT2D eigenvalue weighted by molar-refractivity contribution is 7.77. The summed E-state index contributed by atoms with van der Waals surface area (Å²) in [5, 5.41) is 8.56. The maximum absolute atomic E-state index is 12.4. The number of carbonyl (C=O) groups excluding carboxylic acids is 3. The highest BCUT2D eigenvalue weighted by Crippen LogP contribution is 2.21. The second-order valence-corrected chi connectivity index (χ2v) is 7.33. The Kier molecular flexibility index (Phi) is 9.30. The van der Waals surface area contributed by atoms with Crippen LogP contribution in [0.3, 0.4) is 0 Å². The van der Waals surface area contributed by atoms with Crippen LogP contribution in [-0.2, 0) is 20.8 Å². The predicted octanol–water partition coefficient (Wildman–Crippen LogP) is 1.35. The summed E-state index contributed by atoms with van der Waals surface area (Å²) in [6.45, 7) is 2.11. The van der Waals surface area contributed by atoms with Crippen LogP contribution in [0.25, 0.3) is 0 Å². The van der Waals surface area contributed by atoms with Gasteiger partial charge in [0.05, 0.1) is 18.8 Å². The second kappa shape index (κ2) is 12.0. The molecule has 156 valence electrons. The zero-order valence-corrected chi connectivity index (χ0v) is 17.5. The third-order valence-electron chi connectivity index (χ3n) is 4.35. The zero-order chi connectivity index (χ0) is 21.1. The van der Waals surface area contributed by atoms with E-state index in [1.54, 1.807) is 4.31 Å². The van der Waals surface area contributed by atoms with Crippen molar-refractivity contribution in [2.45, 2.75) is 32.2 Å². The van der Waals surface area contributed by atoms with Crippen LogP contribution in [0.1, 0.15) is 25.3 Å². The summed E-state index contributed by atoms with van der Waals surface area (Å²) in [6, 6.07) is 10.0. The third kappa shape index (κ3) is 8.03. The van der Waals surface area contributed by atoms with Crippen LogP contribution in [0.15, 0.2) is 53.9 Å². The van der Waals surface area contributed by atoms with Gasteiger partial charge in [0.15, 0.2) is 0 Å². The predicted molar refractivity (Wildman–Crippen MR) is 116 cm³/mol. The van der Waals surface area contributed by atoms with E-state index in [0.717, 1.165) is 30.7 Å². The smallest absolute Gasteiger partial charge is 0.240 e.